The minimum absolute atomic E-state index is 0.0415. The molecule has 2 aliphatic heterocycles. The minimum atomic E-state index is -0.338. The number of para-hydroxylation sites is 1. The van der Waals surface area contributed by atoms with Gasteiger partial charge in [0, 0.05) is 10.6 Å². The van der Waals surface area contributed by atoms with Crippen LogP contribution in [0.4, 0.5) is 10.5 Å². The molecule has 6 heteroatoms. The quantitative estimate of drug-likeness (QED) is 0.798. The third-order valence-electron chi connectivity index (χ3n) is 3.72. The van der Waals surface area contributed by atoms with Gasteiger partial charge >= 0.3 is 6.03 Å². The molecule has 1 aromatic heterocycles. The normalized spacial score (nSPS) is 24.8. The number of urea groups is 1. The Morgan fingerprint density at radius 3 is 2.57 bits per heavy atom. The SMILES string of the molecule is O=C1[C@@H]2CSC(c3cccs3)N2C(=O)N1c1ccccc1. The second kappa shape index (κ2) is 4.89. The van der Waals surface area contributed by atoms with E-state index in [9.17, 15) is 9.59 Å². The zero-order valence-corrected chi connectivity index (χ0v) is 12.6. The van der Waals surface area contributed by atoms with Crippen molar-refractivity contribution in [2.75, 3.05) is 10.7 Å². The van der Waals surface area contributed by atoms with Gasteiger partial charge in [0.05, 0.1) is 5.69 Å². The Labute approximate surface area is 130 Å². The van der Waals surface area contributed by atoms with Crippen LogP contribution in [0.3, 0.4) is 0 Å². The number of rotatable bonds is 2. The van der Waals surface area contributed by atoms with Crippen LogP contribution < -0.4 is 4.90 Å². The average Bonchev–Trinajstić information content (AvgIpc) is 3.20. The lowest BCUT2D eigenvalue weighted by Gasteiger charge is -2.21. The third kappa shape index (κ3) is 1.90. The van der Waals surface area contributed by atoms with Crippen LogP contribution in [0.1, 0.15) is 10.3 Å². The zero-order valence-electron chi connectivity index (χ0n) is 11.0. The van der Waals surface area contributed by atoms with E-state index in [0.717, 1.165) is 4.88 Å². The molecule has 0 N–H and O–H groups in total. The first-order valence-electron chi connectivity index (χ1n) is 6.63. The van der Waals surface area contributed by atoms with Crippen LogP contribution in [-0.4, -0.2) is 28.6 Å². The van der Waals surface area contributed by atoms with E-state index in [0.29, 0.717) is 11.4 Å². The summed E-state index contributed by atoms with van der Waals surface area (Å²) in [4.78, 5) is 29.5. The highest BCUT2D eigenvalue weighted by atomic mass is 32.2. The van der Waals surface area contributed by atoms with Crippen LogP contribution in [0.5, 0.6) is 0 Å². The van der Waals surface area contributed by atoms with Crippen molar-refractivity contribution < 1.29 is 9.59 Å². The molecule has 0 spiro atoms. The largest absolute Gasteiger partial charge is 0.333 e. The van der Waals surface area contributed by atoms with E-state index >= 15 is 0 Å². The second-order valence-electron chi connectivity index (χ2n) is 4.92. The Morgan fingerprint density at radius 2 is 1.86 bits per heavy atom. The van der Waals surface area contributed by atoms with Crippen molar-refractivity contribution in [1.82, 2.24) is 4.90 Å². The smallest absolute Gasteiger partial charge is 0.294 e. The second-order valence-corrected chi connectivity index (χ2v) is 7.01. The van der Waals surface area contributed by atoms with Crippen molar-refractivity contribution in [3.8, 4) is 0 Å². The molecule has 3 heterocycles. The maximum Gasteiger partial charge on any atom is 0.333 e. The number of anilines is 1. The summed E-state index contributed by atoms with van der Waals surface area (Å²) in [7, 11) is 0. The van der Waals surface area contributed by atoms with Gasteiger partial charge in [-0.15, -0.1) is 23.1 Å². The van der Waals surface area contributed by atoms with Crippen LogP contribution in [0.25, 0.3) is 0 Å². The number of fused-ring (bicyclic) bond motifs is 1. The molecule has 3 amide bonds. The molecule has 106 valence electrons. The summed E-state index contributed by atoms with van der Waals surface area (Å²) in [6.45, 7) is 0. The molecule has 2 aliphatic rings. The van der Waals surface area contributed by atoms with E-state index in [1.54, 1.807) is 40.1 Å². The van der Waals surface area contributed by atoms with Crippen molar-refractivity contribution in [1.29, 1.82) is 0 Å². The zero-order chi connectivity index (χ0) is 14.4. The maximum atomic E-state index is 12.7. The standard InChI is InChI=1S/C15H12N2O2S2/c18-13-11-9-21-14(12-7-4-8-20-12)17(11)15(19)16(13)10-5-2-1-3-6-10/h1-8,11,14H,9H2/t11-,14?/m0/s1. The molecule has 4 nitrogen and oxygen atoms in total. The Bertz CT molecular complexity index is 687. The first-order chi connectivity index (χ1) is 10.3. The van der Waals surface area contributed by atoms with Crippen LogP contribution in [0.2, 0.25) is 0 Å². The van der Waals surface area contributed by atoms with Gasteiger partial charge in [0.25, 0.3) is 5.91 Å². The van der Waals surface area contributed by atoms with Gasteiger partial charge < -0.3 is 0 Å². The summed E-state index contributed by atoms with van der Waals surface area (Å²) in [5.74, 6) is 0.550. The summed E-state index contributed by atoms with van der Waals surface area (Å²) < 4.78 is 0. The molecule has 2 saturated heterocycles. The molecule has 21 heavy (non-hydrogen) atoms. The van der Waals surface area contributed by atoms with Crippen molar-refractivity contribution in [3.63, 3.8) is 0 Å². The monoisotopic (exact) mass is 316 g/mol. The molecule has 2 atom stereocenters. The predicted molar refractivity (Wildman–Crippen MR) is 84.5 cm³/mol. The summed E-state index contributed by atoms with van der Waals surface area (Å²) in [5, 5.41) is 1.96. The number of thioether (sulfide) groups is 1. The fourth-order valence-electron chi connectivity index (χ4n) is 2.75. The lowest BCUT2D eigenvalue weighted by Crippen LogP contribution is -2.33. The van der Waals surface area contributed by atoms with Gasteiger partial charge in [-0.05, 0) is 23.6 Å². The van der Waals surface area contributed by atoms with Crippen LogP contribution >= 0.6 is 23.1 Å². The van der Waals surface area contributed by atoms with Crippen molar-refractivity contribution in [3.05, 3.63) is 52.7 Å². The third-order valence-corrected chi connectivity index (χ3v) is 6.10. The number of carbonyl (C=O) groups excluding carboxylic acids is 2. The van der Waals surface area contributed by atoms with Gasteiger partial charge in [0.2, 0.25) is 0 Å². The van der Waals surface area contributed by atoms with Crippen LogP contribution in [0.15, 0.2) is 47.8 Å². The molecule has 2 fully saturated rings. The minimum Gasteiger partial charge on any atom is -0.294 e. The lowest BCUT2D eigenvalue weighted by atomic mass is 10.2. The van der Waals surface area contributed by atoms with E-state index < -0.39 is 0 Å². The highest BCUT2D eigenvalue weighted by Gasteiger charge is 2.53. The number of hydrogen-bond donors (Lipinski definition) is 0. The molecule has 1 unspecified atom stereocenters. The number of amides is 3. The van der Waals surface area contributed by atoms with Crippen LogP contribution in [-0.2, 0) is 4.79 Å². The van der Waals surface area contributed by atoms with E-state index in [-0.39, 0.29) is 23.4 Å². The molecule has 2 aromatic rings. The van der Waals surface area contributed by atoms with Crippen molar-refractivity contribution >= 4 is 40.7 Å². The number of imide groups is 1. The predicted octanol–water partition coefficient (Wildman–Crippen LogP) is 3.33. The first kappa shape index (κ1) is 12.9. The van der Waals surface area contributed by atoms with E-state index in [1.165, 1.54) is 4.90 Å². The van der Waals surface area contributed by atoms with Gasteiger partial charge in [0.15, 0.2) is 0 Å². The molecule has 0 aliphatic carbocycles. The summed E-state index contributed by atoms with van der Waals surface area (Å²) >= 11 is 3.29. The summed E-state index contributed by atoms with van der Waals surface area (Å²) in [6.07, 6.45) is 0. The van der Waals surface area contributed by atoms with E-state index in [1.807, 2.05) is 35.7 Å². The molecular formula is C15H12N2O2S2. The number of thiophene rings is 1. The highest BCUT2D eigenvalue weighted by Crippen LogP contribution is 2.47. The average molecular weight is 316 g/mol. The molecule has 0 saturated carbocycles. The Kier molecular flexibility index (Phi) is 3.01. The van der Waals surface area contributed by atoms with Crippen LogP contribution in [0, 0.1) is 0 Å². The van der Waals surface area contributed by atoms with Gasteiger partial charge in [-0.25, -0.2) is 9.69 Å². The van der Waals surface area contributed by atoms with Gasteiger partial charge in [-0.2, -0.15) is 0 Å². The van der Waals surface area contributed by atoms with E-state index in [4.69, 9.17) is 0 Å². The lowest BCUT2D eigenvalue weighted by molar-refractivity contribution is -0.119. The fraction of sp³-hybridized carbons (Fsp3) is 0.200. The van der Waals surface area contributed by atoms with E-state index in [2.05, 4.69) is 0 Å². The highest BCUT2D eigenvalue weighted by molar-refractivity contribution is 7.99. The Hall–Kier alpha value is -1.79. The first-order valence-corrected chi connectivity index (χ1v) is 8.56. The molecule has 1 aromatic carbocycles. The molecule has 4 rings (SSSR count). The van der Waals surface area contributed by atoms with Crippen molar-refractivity contribution in [2.45, 2.75) is 11.4 Å². The number of benzene rings is 1. The van der Waals surface area contributed by atoms with Crippen molar-refractivity contribution in [2.24, 2.45) is 0 Å². The maximum absolute atomic E-state index is 12.7. The molecular weight excluding hydrogens is 304 g/mol. The molecule has 0 bridgehead atoms. The summed E-state index contributed by atoms with van der Waals surface area (Å²) in [5.41, 5.74) is 0.650. The van der Waals surface area contributed by atoms with Gasteiger partial charge in [-0.1, -0.05) is 24.3 Å². The van der Waals surface area contributed by atoms with Gasteiger partial charge in [0.1, 0.15) is 11.4 Å². The number of hydrogen-bond acceptors (Lipinski definition) is 4. The topological polar surface area (TPSA) is 40.6 Å². The molecule has 0 radical (unpaired) electrons. The summed E-state index contributed by atoms with van der Waals surface area (Å²) in [6, 6.07) is 12.6. The Balaban J connectivity index is 1.71. The number of carbonyl (C=O) groups is 2. The van der Waals surface area contributed by atoms with Gasteiger partial charge in [-0.3, -0.25) is 9.69 Å². The number of nitrogens with zero attached hydrogens (tertiary/aromatic N) is 2. The Morgan fingerprint density at radius 1 is 1.05 bits per heavy atom. The fourth-order valence-corrected chi connectivity index (χ4v) is 5.14.